The van der Waals surface area contributed by atoms with Crippen LogP contribution in [0.4, 0.5) is 0 Å². The van der Waals surface area contributed by atoms with Crippen LogP contribution in [-0.2, 0) is 10.8 Å². The van der Waals surface area contributed by atoms with E-state index in [1.807, 2.05) is 19.2 Å². The Labute approximate surface area is 120 Å². The molecule has 1 aromatic carbocycles. The minimum atomic E-state index is -0.842. The summed E-state index contributed by atoms with van der Waals surface area (Å²) in [5.74, 6) is 1.31. The summed E-state index contributed by atoms with van der Waals surface area (Å²) in [6.07, 6.45) is 3.32. The molecule has 0 saturated carbocycles. The third kappa shape index (κ3) is 5.87. The van der Waals surface area contributed by atoms with Crippen LogP contribution in [-0.4, -0.2) is 23.1 Å². The molecular formula is C16H27NOS. The highest BCUT2D eigenvalue weighted by Crippen LogP contribution is 2.17. The van der Waals surface area contributed by atoms with E-state index >= 15 is 0 Å². The van der Waals surface area contributed by atoms with Crippen molar-refractivity contribution in [3.05, 3.63) is 29.8 Å². The van der Waals surface area contributed by atoms with Gasteiger partial charge in [0.2, 0.25) is 0 Å². The van der Waals surface area contributed by atoms with Gasteiger partial charge in [-0.3, -0.25) is 4.21 Å². The predicted molar refractivity (Wildman–Crippen MR) is 84.2 cm³/mol. The number of rotatable bonds is 8. The second-order valence-corrected chi connectivity index (χ2v) is 7.03. The highest BCUT2D eigenvalue weighted by atomic mass is 32.2. The molecule has 2 unspecified atom stereocenters. The van der Waals surface area contributed by atoms with Crippen LogP contribution in [0, 0.1) is 0 Å². The third-order valence-electron chi connectivity index (χ3n) is 3.52. The number of hydrogen-bond donors (Lipinski definition) is 1. The van der Waals surface area contributed by atoms with E-state index in [0.717, 1.165) is 29.9 Å². The van der Waals surface area contributed by atoms with Gasteiger partial charge in [0.05, 0.1) is 10.8 Å². The van der Waals surface area contributed by atoms with E-state index in [1.165, 1.54) is 5.56 Å². The Hall–Kier alpha value is -0.670. The molecule has 0 amide bonds. The summed E-state index contributed by atoms with van der Waals surface area (Å²) in [5, 5.41) is 3.23. The van der Waals surface area contributed by atoms with E-state index in [4.69, 9.17) is 0 Å². The summed E-state index contributed by atoms with van der Waals surface area (Å²) in [7, 11) is 1.14. The molecule has 0 aromatic heterocycles. The van der Waals surface area contributed by atoms with E-state index in [9.17, 15) is 4.21 Å². The summed E-state index contributed by atoms with van der Waals surface area (Å²) in [4.78, 5) is 0.964. The van der Waals surface area contributed by atoms with Crippen LogP contribution in [0.5, 0.6) is 0 Å². The maximum Gasteiger partial charge on any atom is 0.0529 e. The summed E-state index contributed by atoms with van der Waals surface area (Å²) >= 11 is 0. The molecule has 0 heterocycles. The Balaban J connectivity index is 2.37. The first-order valence-electron chi connectivity index (χ1n) is 7.20. The highest BCUT2D eigenvalue weighted by molar-refractivity contribution is 7.85. The molecular weight excluding hydrogens is 254 g/mol. The van der Waals surface area contributed by atoms with E-state index < -0.39 is 10.8 Å². The molecule has 0 radical (unpaired) electrons. The number of nitrogens with one attached hydrogen (secondary N) is 1. The molecule has 0 saturated heterocycles. The summed E-state index contributed by atoms with van der Waals surface area (Å²) in [6.45, 7) is 6.53. The average molecular weight is 281 g/mol. The Morgan fingerprint density at radius 2 is 1.74 bits per heavy atom. The lowest BCUT2D eigenvalue weighted by molar-refractivity contribution is 0.537. The fourth-order valence-electron chi connectivity index (χ4n) is 1.95. The Morgan fingerprint density at radius 3 is 2.26 bits per heavy atom. The van der Waals surface area contributed by atoms with Crippen molar-refractivity contribution in [1.82, 2.24) is 5.32 Å². The van der Waals surface area contributed by atoms with Gasteiger partial charge in [0, 0.05) is 16.7 Å². The lowest BCUT2D eigenvalue weighted by Crippen LogP contribution is -2.20. The number of hydrogen-bond acceptors (Lipinski definition) is 2. The van der Waals surface area contributed by atoms with Crippen molar-refractivity contribution in [2.45, 2.75) is 56.9 Å². The molecule has 1 rings (SSSR count). The van der Waals surface area contributed by atoms with Crippen molar-refractivity contribution < 1.29 is 4.21 Å². The van der Waals surface area contributed by atoms with Gasteiger partial charge in [0.1, 0.15) is 0 Å². The molecule has 0 aliphatic heterocycles. The van der Waals surface area contributed by atoms with Gasteiger partial charge in [-0.2, -0.15) is 0 Å². The lowest BCUT2D eigenvalue weighted by atomic mass is 10.0. The van der Waals surface area contributed by atoms with Gasteiger partial charge in [-0.15, -0.1) is 0 Å². The lowest BCUT2D eigenvalue weighted by Gasteiger charge is -2.09. The number of benzene rings is 1. The van der Waals surface area contributed by atoms with Gasteiger partial charge in [0.15, 0.2) is 0 Å². The third-order valence-corrected chi connectivity index (χ3v) is 4.98. The standard InChI is InChI=1S/C16H27NOS/c1-13(2)15-8-10-16(11-9-15)19(18)12-6-5-7-14(3)17-4/h8-11,13-14,17H,5-7,12H2,1-4H3. The van der Waals surface area contributed by atoms with Crippen LogP contribution in [0.2, 0.25) is 0 Å². The predicted octanol–water partition coefficient (Wildman–Crippen LogP) is 3.70. The van der Waals surface area contributed by atoms with Crippen molar-refractivity contribution in [1.29, 1.82) is 0 Å². The highest BCUT2D eigenvalue weighted by Gasteiger charge is 2.06. The zero-order valence-electron chi connectivity index (χ0n) is 12.6. The summed E-state index contributed by atoms with van der Waals surface area (Å²) < 4.78 is 12.1. The van der Waals surface area contributed by atoms with E-state index in [1.54, 1.807) is 0 Å². The van der Waals surface area contributed by atoms with Gasteiger partial charge in [0.25, 0.3) is 0 Å². The molecule has 0 bridgehead atoms. The molecule has 2 atom stereocenters. The fraction of sp³-hybridized carbons (Fsp3) is 0.625. The first-order chi connectivity index (χ1) is 9.04. The molecule has 1 N–H and O–H groups in total. The summed E-state index contributed by atoms with van der Waals surface area (Å²) in [6, 6.07) is 8.78. The Bertz CT molecular complexity index is 386. The summed E-state index contributed by atoms with van der Waals surface area (Å²) in [5.41, 5.74) is 1.31. The molecule has 3 heteroatoms. The van der Waals surface area contributed by atoms with Crippen LogP contribution >= 0.6 is 0 Å². The van der Waals surface area contributed by atoms with E-state index in [-0.39, 0.29) is 0 Å². The molecule has 1 aromatic rings. The monoisotopic (exact) mass is 281 g/mol. The minimum absolute atomic E-state index is 0.533. The van der Waals surface area contributed by atoms with Crippen LogP contribution < -0.4 is 5.32 Å². The molecule has 108 valence electrons. The van der Waals surface area contributed by atoms with E-state index in [0.29, 0.717) is 12.0 Å². The number of unbranched alkanes of at least 4 members (excludes halogenated alkanes) is 1. The van der Waals surface area contributed by atoms with Crippen LogP contribution in [0.15, 0.2) is 29.2 Å². The Kier molecular flexibility index (Phi) is 7.32. The first-order valence-corrected chi connectivity index (χ1v) is 8.52. The molecule has 0 spiro atoms. The van der Waals surface area contributed by atoms with E-state index in [2.05, 4.69) is 38.2 Å². The fourth-order valence-corrected chi connectivity index (χ4v) is 3.09. The molecule has 0 aliphatic rings. The largest absolute Gasteiger partial charge is 0.317 e. The SMILES string of the molecule is CNC(C)CCCCS(=O)c1ccc(C(C)C)cc1. The normalized spacial score (nSPS) is 14.6. The maximum absolute atomic E-state index is 12.1. The quantitative estimate of drug-likeness (QED) is 0.736. The van der Waals surface area contributed by atoms with Gasteiger partial charge in [-0.25, -0.2) is 0 Å². The molecule has 2 nitrogen and oxygen atoms in total. The van der Waals surface area contributed by atoms with Crippen molar-refractivity contribution in [3.63, 3.8) is 0 Å². The van der Waals surface area contributed by atoms with Crippen molar-refractivity contribution in [3.8, 4) is 0 Å². The Morgan fingerprint density at radius 1 is 1.11 bits per heavy atom. The second kappa shape index (κ2) is 8.49. The van der Waals surface area contributed by atoms with Gasteiger partial charge in [-0.05, 0) is 50.4 Å². The minimum Gasteiger partial charge on any atom is -0.317 e. The van der Waals surface area contributed by atoms with Crippen LogP contribution in [0.3, 0.4) is 0 Å². The zero-order valence-corrected chi connectivity index (χ0v) is 13.4. The van der Waals surface area contributed by atoms with Crippen LogP contribution in [0.1, 0.15) is 51.5 Å². The topological polar surface area (TPSA) is 29.1 Å². The van der Waals surface area contributed by atoms with Gasteiger partial charge >= 0.3 is 0 Å². The molecule has 19 heavy (non-hydrogen) atoms. The van der Waals surface area contributed by atoms with Crippen molar-refractivity contribution >= 4 is 10.8 Å². The van der Waals surface area contributed by atoms with Crippen molar-refractivity contribution in [2.24, 2.45) is 0 Å². The average Bonchev–Trinajstić information content (AvgIpc) is 2.43. The van der Waals surface area contributed by atoms with Gasteiger partial charge < -0.3 is 5.32 Å². The second-order valence-electron chi connectivity index (χ2n) is 5.46. The van der Waals surface area contributed by atoms with Crippen molar-refractivity contribution in [2.75, 3.05) is 12.8 Å². The maximum atomic E-state index is 12.1. The molecule has 0 aliphatic carbocycles. The van der Waals surface area contributed by atoms with Gasteiger partial charge in [-0.1, -0.05) is 32.4 Å². The van der Waals surface area contributed by atoms with Crippen LogP contribution in [0.25, 0.3) is 0 Å². The smallest absolute Gasteiger partial charge is 0.0529 e. The zero-order chi connectivity index (χ0) is 14.3. The molecule has 0 fully saturated rings. The first kappa shape index (κ1) is 16.4.